The number of nitrogens with zero attached hydrogens (tertiary/aromatic N) is 1. The van der Waals surface area contributed by atoms with Gasteiger partial charge in [-0.25, -0.2) is 14.6 Å². The molecule has 1 aromatic carbocycles. The van der Waals surface area contributed by atoms with E-state index in [0.717, 1.165) is 35.4 Å². The molecule has 0 aliphatic rings. The minimum atomic E-state index is -1.26. The molecular weight excluding hydrogens is 352 g/mol. The lowest BCUT2D eigenvalue weighted by molar-refractivity contribution is -0.134. The van der Waals surface area contributed by atoms with E-state index in [0.29, 0.717) is 18.8 Å². The number of aromatic nitrogens is 2. The number of aryl methyl sites for hydroxylation is 2. The molecule has 0 saturated heterocycles. The monoisotopic (exact) mass is 374 g/mol. The summed E-state index contributed by atoms with van der Waals surface area (Å²) in [6.45, 7) is 4.15. The molecule has 27 heavy (non-hydrogen) atoms. The summed E-state index contributed by atoms with van der Waals surface area (Å²) in [5.41, 5.74) is 2.83. The molecule has 3 N–H and O–H groups in total. The summed E-state index contributed by atoms with van der Waals surface area (Å²) in [7, 11) is 0. The van der Waals surface area contributed by atoms with Crippen LogP contribution in [-0.4, -0.2) is 44.5 Å². The lowest BCUT2D eigenvalue weighted by Crippen LogP contribution is -2.01. The number of carbonyl (C=O) groups excluding carboxylic acids is 1. The Labute approximate surface area is 156 Å². The van der Waals surface area contributed by atoms with E-state index < -0.39 is 11.9 Å². The molecule has 1 aromatic heterocycles. The molecule has 8 heteroatoms. The van der Waals surface area contributed by atoms with Gasteiger partial charge in [0.05, 0.1) is 12.9 Å². The van der Waals surface area contributed by atoms with Gasteiger partial charge in [0.25, 0.3) is 0 Å². The zero-order chi connectivity index (χ0) is 20.2. The smallest absolute Gasteiger partial charge is 0.328 e. The topological polar surface area (TPSA) is 130 Å². The predicted molar refractivity (Wildman–Crippen MR) is 98.0 cm³/mol. The predicted octanol–water partition coefficient (Wildman–Crippen LogP) is 2.64. The van der Waals surface area contributed by atoms with Crippen molar-refractivity contribution in [3.63, 3.8) is 0 Å². The van der Waals surface area contributed by atoms with Crippen LogP contribution in [0.15, 0.2) is 42.9 Å². The van der Waals surface area contributed by atoms with Crippen molar-refractivity contribution in [2.75, 3.05) is 6.61 Å². The number of Topliss-reactive ketones (excluding diaryl/α,β-unsaturated/α-hetero) is 1. The van der Waals surface area contributed by atoms with Crippen molar-refractivity contribution in [2.45, 2.75) is 26.7 Å². The van der Waals surface area contributed by atoms with Gasteiger partial charge in [-0.05, 0) is 50.5 Å². The fourth-order valence-electron chi connectivity index (χ4n) is 2.14. The van der Waals surface area contributed by atoms with E-state index in [1.807, 2.05) is 31.3 Å². The number of benzene rings is 1. The first kappa shape index (κ1) is 21.6. The molecule has 8 nitrogen and oxygen atoms in total. The fraction of sp³-hybridized carbons (Fsp3) is 0.263. The Balaban J connectivity index is 0.000000387. The maximum absolute atomic E-state index is 11.3. The van der Waals surface area contributed by atoms with Gasteiger partial charge in [0.15, 0.2) is 5.78 Å². The second kappa shape index (κ2) is 11.2. The lowest BCUT2D eigenvalue weighted by Gasteiger charge is -2.08. The Hall–Kier alpha value is -3.42. The summed E-state index contributed by atoms with van der Waals surface area (Å²) in [4.78, 5) is 37.5. The SMILES string of the molecule is CC(=O)c1ccc(OCCCc2cnc[nH]2)cc1C.O=C(O)/C=C\C(=O)O. The molecule has 0 radical (unpaired) electrons. The van der Waals surface area contributed by atoms with E-state index in [1.165, 1.54) is 0 Å². The van der Waals surface area contributed by atoms with Gasteiger partial charge in [-0.1, -0.05) is 0 Å². The number of rotatable bonds is 8. The third-order valence-corrected chi connectivity index (χ3v) is 3.36. The van der Waals surface area contributed by atoms with Crippen molar-refractivity contribution in [3.8, 4) is 5.75 Å². The van der Waals surface area contributed by atoms with Gasteiger partial charge >= 0.3 is 11.9 Å². The largest absolute Gasteiger partial charge is 0.494 e. The quantitative estimate of drug-likeness (QED) is 0.368. The molecule has 0 bridgehead atoms. The number of aliphatic carboxylic acids is 2. The standard InChI is InChI=1S/C15H18N2O2.C4H4O4/c1-11-8-14(5-6-15(11)12(2)18)19-7-3-4-13-9-16-10-17-13;5-3(6)1-2-4(7)8/h5-6,8-10H,3-4,7H2,1-2H3,(H,16,17);1-2H,(H,5,6)(H,7,8)/b;2-1-. The third-order valence-electron chi connectivity index (χ3n) is 3.36. The first-order valence-electron chi connectivity index (χ1n) is 8.15. The van der Waals surface area contributed by atoms with Gasteiger partial charge in [-0.15, -0.1) is 0 Å². The summed E-state index contributed by atoms with van der Waals surface area (Å²) >= 11 is 0. The molecular formula is C19H22N2O6. The third kappa shape index (κ3) is 9.01. The van der Waals surface area contributed by atoms with Crippen LogP contribution in [0.25, 0.3) is 0 Å². The molecule has 0 aliphatic heterocycles. The van der Waals surface area contributed by atoms with Crippen molar-refractivity contribution in [1.82, 2.24) is 9.97 Å². The van der Waals surface area contributed by atoms with E-state index in [4.69, 9.17) is 14.9 Å². The summed E-state index contributed by atoms with van der Waals surface area (Å²) in [5.74, 6) is -1.62. The average Bonchev–Trinajstić information content (AvgIpc) is 3.11. The number of ketones is 1. The van der Waals surface area contributed by atoms with Crippen molar-refractivity contribution in [2.24, 2.45) is 0 Å². The maximum atomic E-state index is 11.3. The van der Waals surface area contributed by atoms with Gasteiger partial charge in [0.2, 0.25) is 0 Å². The highest BCUT2D eigenvalue weighted by atomic mass is 16.5. The van der Waals surface area contributed by atoms with Crippen LogP contribution in [0.4, 0.5) is 0 Å². The van der Waals surface area contributed by atoms with E-state index in [-0.39, 0.29) is 5.78 Å². The normalized spacial score (nSPS) is 10.1. The van der Waals surface area contributed by atoms with Crippen molar-refractivity contribution < 1.29 is 29.3 Å². The fourth-order valence-corrected chi connectivity index (χ4v) is 2.14. The number of carboxylic acids is 2. The average molecular weight is 374 g/mol. The Morgan fingerprint density at radius 1 is 1.19 bits per heavy atom. The Morgan fingerprint density at radius 2 is 1.85 bits per heavy atom. The molecule has 0 atom stereocenters. The second-order valence-corrected chi connectivity index (χ2v) is 5.57. The van der Waals surface area contributed by atoms with Crippen LogP contribution in [0, 0.1) is 6.92 Å². The van der Waals surface area contributed by atoms with E-state index in [1.54, 1.807) is 13.3 Å². The van der Waals surface area contributed by atoms with Gasteiger partial charge in [-0.3, -0.25) is 4.79 Å². The number of hydrogen-bond acceptors (Lipinski definition) is 5. The van der Waals surface area contributed by atoms with Crippen molar-refractivity contribution in [3.05, 3.63) is 59.7 Å². The van der Waals surface area contributed by atoms with E-state index >= 15 is 0 Å². The lowest BCUT2D eigenvalue weighted by atomic mass is 10.1. The highest BCUT2D eigenvalue weighted by molar-refractivity contribution is 5.95. The van der Waals surface area contributed by atoms with Crippen LogP contribution in [0.5, 0.6) is 5.75 Å². The number of carboxylic acid groups (broad SMARTS) is 2. The number of carbonyl (C=O) groups is 3. The molecule has 1 heterocycles. The van der Waals surface area contributed by atoms with Gasteiger partial charge in [-0.2, -0.15) is 0 Å². The van der Waals surface area contributed by atoms with Gasteiger partial charge < -0.3 is 19.9 Å². The molecule has 144 valence electrons. The molecule has 0 saturated carbocycles. The Kier molecular flexibility index (Phi) is 9.01. The molecule has 0 unspecified atom stereocenters. The Bertz CT molecular complexity index is 781. The number of nitrogens with one attached hydrogen (secondary N) is 1. The number of hydrogen-bond donors (Lipinski definition) is 3. The first-order chi connectivity index (χ1) is 12.8. The maximum Gasteiger partial charge on any atom is 0.328 e. The van der Waals surface area contributed by atoms with Crippen LogP contribution in [-0.2, 0) is 16.0 Å². The second-order valence-electron chi connectivity index (χ2n) is 5.57. The van der Waals surface area contributed by atoms with Crippen LogP contribution in [0.3, 0.4) is 0 Å². The minimum Gasteiger partial charge on any atom is -0.494 e. The summed E-state index contributed by atoms with van der Waals surface area (Å²) in [6, 6.07) is 5.58. The zero-order valence-electron chi connectivity index (χ0n) is 15.1. The molecule has 0 aliphatic carbocycles. The first-order valence-corrected chi connectivity index (χ1v) is 8.15. The van der Waals surface area contributed by atoms with Crippen LogP contribution in [0.1, 0.15) is 35.0 Å². The zero-order valence-corrected chi connectivity index (χ0v) is 15.1. The van der Waals surface area contributed by atoms with Crippen molar-refractivity contribution >= 4 is 17.7 Å². The molecule has 0 spiro atoms. The molecule has 2 rings (SSSR count). The molecule has 0 fully saturated rings. The number of imidazole rings is 1. The van der Waals surface area contributed by atoms with Gasteiger partial charge in [0.1, 0.15) is 5.75 Å². The van der Waals surface area contributed by atoms with Crippen LogP contribution in [0.2, 0.25) is 0 Å². The van der Waals surface area contributed by atoms with E-state index in [2.05, 4.69) is 9.97 Å². The van der Waals surface area contributed by atoms with Gasteiger partial charge in [0, 0.05) is 29.6 Å². The molecule has 2 aromatic rings. The van der Waals surface area contributed by atoms with Crippen LogP contribution < -0.4 is 4.74 Å². The number of ether oxygens (including phenoxy) is 1. The summed E-state index contributed by atoms with van der Waals surface area (Å²) in [5, 5.41) is 15.6. The summed E-state index contributed by atoms with van der Waals surface area (Å²) < 4.78 is 5.67. The summed E-state index contributed by atoms with van der Waals surface area (Å²) in [6.07, 6.45) is 6.47. The highest BCUT2D eigenvalue weighted by Crippen LogP contribution is 2.18. The van der Waals surface area contributed by atoms with Crippen LogP contribution >= 0.6 is 0 Å². The van der Waals surface area contributed by atoms with E-state index in [9.17, 15) is 14.4 Å². The number of H-pyrrole nitrogens is 1. The highest BCUT2D eigenvalue weighted by Gasteiger charge is 2.05. The minimum absolute atomic E-state index is 0.0864. The Morgan fingerprint density at radius 3 is 2.33 bits per heavy atom. The van der Waals surface area contributed by atoms with Crippen molar-refractivity contribution in [1.29, 1.82) is 0 Å². The molecule has 0 amide bonds. The number of aromatic amines is 1.